The molecular weight excluding hydrogens is 568 g/mol. The molecule has 2 aromatic rings. The third-order valence-electron chi connectivity index (χ3n) is 13.3. The molecule has 1 saturated carbocycles. The number of likely N-dealkylation sites (N-methyl/N-ethyl adjacent to an activating group) is 2. The highest BCUT2D eigenvalue weighted by atomic mass is 16.6. The molecule has 45 heavy (non-hydrogen) atoms. The van der Waals surface area contributed by atoms with Gasteiger partial charge in [0.15, 0.2) is 41.0 Å². The van der Waals surface area contributed by atoms with Gasteiger partial charge in [0.1, 0.15) is 5.76 Å². The zero-order chi connectivity index (χ0) is 30.8. The molecule has 3 fully saturated rings. The first-order chi connectivity index (χ1) is 21.9. The maximum Gasteiger partial charge on any atom is 0.174 e. The summed E-state index contributed by atoms with van der Waals surface area (Å²) >= 11 is 0. The highest BCUT2D eigenvalue weighted by Gasteiger charge is 2.66. The number of piperidine rings is 2. The van der Waals surface area contributed by atoms with E-state index in [4.69, 9.17) is 23.7 Å². The molecule has 4 bridgehead atoms. The summed E-state index contributed by atoms with van der Waals surface area (Å²) in [7, 11) is 9.68. The summed E-state index contributed by atoms with van der Waals surface area (Å²) < 4.78 is 29.6. The van der Waals surface area contributed by atoms with Crippen LogP contribution in [0.3, 0.4) is 0 Å². The van der Waals surface area contributed by atoms with Crippen LogP contribution in [-0.2, 0) is 33.2 Å². The van der Waals surface area contributed by atoms with Gasteiger partial charge in [-0.3, -0.25) is 4.79 Å². The van der Waals surface area contributed by atoms with E-state index in [0.29, 0.717) is 30.3 Å². The number of ketones is 1. The van der Waals surface area contributed by atoms with Crippen molar-refractivity contribution in [2.24, 2.45) is 11.8 Å². The Kier molecular flexibility index (Phi) is 6.01. The number of carbonyl (C=O) groups is 1. The lowest BCUT2D eigenvalue weighted by Crippen LogP contribution is -2.65. The fourth-order valence-corrected chi connectivity index (χ4v) is 11.3. The molecule has 2 spiro atoms. The predicted molar refractivity (Wildman–Crippen MR) is 169 cm³/mol. The molecular formula is C37H44N2O6. The number of Topliss-reactive ketones (excluding diaryl/α,β-unsaturated/α-hetero) is 1. The molecule has 4 aliphatic heterocycles. The van der Waals surface area contributed by atoms with Crippen LogP contribution in [0.15, 0.2) is 36.1 Å². The molecule has 8 unspecified atom stereocenters. The second-order valence-corrected chi connectivity index (χ2v) is 14.6. The van der Waals surface area contributed by atoms with Gasteiger partial charge in [-0.25, -0.2) is 0 Å². The fraction of sp³-hybridized carbons (Fsp3) is 0.595. The van der Waals surface area contributed by atoms with Gasteiger partial charge in [-0.15, -0.1) is 0 Å². The normalized spacial score (nSPS) is 37.6. The van der Waals surface area contributed by atoms with E-state index in [0.717, 1.165) is 80.4 Å². The fourth-order valence-electron chi connectivity index (χ4n) is 11.3. The topological polar surface area (TPSA) is 69.7 Å². The number of carbonyl (C=O) groups excluding carboxylic acids is 1. The SMILES string of the molecule is COC1=CCC2C3Cc4ccc(OC)c5c4C2(CCN3C)C1O5.COc1ccc2c3c1OC1C(=O)CCC4C(C2)N(C)CCC314. The van der Waals surface area contributed by atoms with E-state index < -0.39 is 0 Å². The number of nitrogens with zero attached hydrogens (tertiary/aromatic N) is 2. The zero-order valence-corrected chi connectivity index (χ0v) is 27.1. The lowest BCUT2D eigenvalue weighted by atomic mass is 9.52. The summed E-state index contributed by atoms with van der Waals surface area (Å²) in [6.45, 7) is 2.17. The van der Waals surface area contributed by atoms with Crippen molar-refractivity contribution in [1.29, 1.82) is 0 Å². The van der Waals surface area contributed by atoms with Crippen LogP contribution < -0.4 is 18.9 Å². The highest BCUT2D eigenvalue weighted by Crippen LogP contribution is 2.65. The van der Waals surface area contributed by atoms with Crippen LogP contribution >= 0.6 is 0 Å². The van der Waals surface area contributed by atoms with Crippen molar-refractivity contribution in [1.82, 2.24) is 9.80 Å². The van der Waals surface area contributed by atoms with Gasteiger partial charge in [0.25, 0.3) is 0 Å². The van der Waals surface area contributed by atoms with E-state index in [-0.39, 0.29) is 28.8 Å². The van der Waals surface area contributed by atoms with E-state index >= 15 is 0 Å². The summed E-state index contributed by atoms with van der Waals surface area (Å²) in [6.07, 6.45) is 9.05. The third kappa shape index (κ3) is 3.37. The maximum atomic E-state index is 12.6. The van der Waals surface area contributed by atoms with Crippen LogP contribution in [0.25, 0.3) is 0 Å². The van der Waals surface area contributed by atoms with Crippen molar-refractivity contribution < 1.29 is 28.5 Å². The van der Waals surface area contributed by atoms with Crippen molar-refractivity contribution >= 4 is 5.78 Å². The average Bonchev–Trinajstić information content (AvgIpc) is 3.59. The minimum Gasteiger partial charge on any atom is -0.497 e. The van der Waals surface area contributed by atoms with Crippen LogP contribution in [0, 0.1) is 11.8 Å². The summed E-state index contributed by atoms with van der Waals surface area (Å²) in [6, 6.07) is 9.64. The molecule has 238 valence electrons. The number of benzene rings is 2. The van der Waals surface area contributed by atoms with Crippen LogP contribution in [0.4, 0.5) is 0 Å². The van der Waals surface area contributed by atoms with E-state index in [9.17, 15) is 4.79 Å². The molecule has 0 amide bonds. The molecule has 4 heterocycles. The van der Waals surface area contributed by atoms with Gasteiger partial charge < -0.3 is 33.5 Å². The Balaban J connectivity index is 0.000000125. The summed E-state index contributed by atoms with van der Waals surface area (Å²) in [5.41, 5.74) is 5.49. The summed E-state index contributed by atoms with van der Waals surface area (Å²) in [5, 5.41) is 0. The zero-order valence-electron chi connectivity index (χ0n) is 27.1. The first kappa shape index (κ1) is 28.0. The van der Waals surface area contributed by atoms with Crippen molar-refractivity contribution in [3.8, 4) is 23.0 Å². The number of hydrogen-bond donors (Lipinski definition) is 0. The Morgan fingerprint density at radius 2 is 1.31 bits per heavy atom. The van der Waals surface area contributed by atoms with E-state index in [1.54, 1.807) is 21.3 Å². The molecule has 0 radical (unpaired) electrons. The first-order valence-corrected chi connectivity index (χ1v) is 16.8. The second-order valence-electron chi connectivity index (χ2n) is 14.6. The highest BCUT2D eigenvalue weighted by molar-refractivity contribution is 5.89. The largest absolute Gasteiger partial charge is 0.497 e. The summed E-state index contributed by atoms with van der Waals surface area (Å²) in [5.74, 6) is 5.88. The second kappa shape index (κ2) is 9.64. The molecule has 0 aromatic heterocycles. The molecule has 4 aliphatic carbocycles. The quantitative estimate of drug-likeness (QED) is 0.504. The Hall–Kier alpha value is -3.23. The average molecular weight is 613 g/mol. The Morgan fingerprint density at radius 1 is 0.756 bits per heavy atom. The lowest BCUT2D eigenvalue weighted by molar-refractivity contribution is -0.138. The van der Waals surface area contributed by atoms with Gasteiger partial charge in [-0.1, -0.05) is 12.1 Å². The van der Waals surface area contributed by atoms with Gasteiger partial charge in [0.05, 0.1) is 21.3 Å². The third-order valence-corrected chi connectivity index (χ3v) is 13.3. The minimum atomic E-state index is -0.284. The molecule has 8 atom stereocenters. The van der Waals surface area contributed by atoms with Gasteiger partial charge in [-0.2, -0.15) is 0 Å². The predicted octanol–water partition coefficient (Wildman–Crippen LogP) is 4.44. The summed E-state index contributed by atoms with van der Waals surface area (Å²) in [4.78, 5) is 17.7. The van der Waals surface area contributed by atoms with Gasteiger partial charge in [-0.05, 0) is 107 Å². The Morgan fingerprint density at radius 3 is 1.89 bits per heavy atom. The van der Waals surface area contributed by atoms with Crippen molar-refractivity contribution in [3.63, 3.8) is 0 Å². The van der Waals surface area contributed by atoms with Crippen LogP contribution in [0.5, 0.6) is 23.0 Å². The van der Waals surface area contributed by atoms with Crippen LogP contribution in [-0.4, -0.2) is 88.4 Å². The standard InChI is InChI=1S/C19H23NO3.C18H21NO3/c1-20-9-8-19-12-5-7-15(22-3)18(19)23-17-14(21-2)6-4-11(16(17)19)10-13(12)20;1-19-8-7-18-11-4-5-13(20)17(18)22-16-14(21-2)6-3-10(15(16)18)9-12(11)19/h4,6-7,12-13,18H,5,8-10H2,1-3H3;3,6,11-12,17H,4-5,7-9H2,1-2H3. The number of rotatable bonds is 3. The Bertz CT molecular complexity index is 1640. The number of likely N-dealkylation sites (tertiary alicyclic amines) is 2. The Labute approximate surface area is 265 Å². The molecule has 0 N–H and O–H groups in total. The van der Waals surface area contributed by atoms with Crippen molar-refractivity contribution in [2.45, 2.75) is 80.1 Å². The van der Waals surface area contributed by atoms with Gasteiger partial charge in [0, 0.05) is 40.5 Å². The molecule has 8 aliphatic rings. The molecule has 8 heteroatoms. The van der Waals surface area contributed by atoms with E-state index in [1.807, 2.05) is 6.07 Å². The number of ether oxygens (including phenoxy) is 5. The van der Waals surface area contributed by atoms with Crippen molar-refractivity contribution in [3.05, 3.63) is 58.4 Å². The number of hydrogen-bond acceptors (Lipinski definition) is 8. The number of allylic oxidation sites excluding steroid dienone is 1. The monoisotopic (exact) mass is 612 g/mol. The van der Waals surface area contributed by atoms with Gasteiger partial charge >= 0.3 is 0 Å². The van der Waals surface area contributed by atoms with E-state index in [2.05, 4.69) is 48.2 Å². The van der Waals surface area contributed by atoms with E-state index in [1.165, 1.54) is 22.3 Å². The number of methoxy groups -OCH3 is 3. The van der Waals surface area contributed by atoms with Gasteiger partial charge in [0.2, 0.25) is 0 Å². The molecule has 10 rings (SSSR count). The minimum absolute atomic E-state index is 0.00722. The van der Waals surface area contributed by atoms with Crippen LogP contribution in [0.1, 0.15) is 54.4 Å². The smallest absolute Gasteiger partial charge is 0.174 e. The molecule has 2 aromatic carbocycles. The first-order valence-electron chi connectivity index (χ1n) is 16.8. The lowest BCUT2D eigenvalue weighted by Gasteiger charge is -2.57. The van der Waals surface area contributed by atoms with Crippen LogP contribution in [0.2, 0.25) is 0 Å². The molecule has 2 saturated heterocycles. The maximum absolute atomic E-state index is 12.6. The molecule has 8 nitrogen and oxygen atoms in total. The van der Waals surface area contributed by atoms with Crippen molar-refractivity contribution in [2.75, 3.05) is 48.5 Å².